The summed E-state index contributed by atoms with van der Waals surface area (Å²) in [6, 6.07) is -0.443. The van der Waals surface area contributed by atoms with E-state index in [1.54, 1.807) is 11.8 Å². The van der Waals surface area contributed by atoms with Crippen LogP contribution in [0.15, 0.2) is 0 Å². The molecule has 5 heteroatoms. The smallest absolute Gasteiger partial charge is 0.236 e. The summed E-state index contributed by atoms with van der Waals surface area (Å²) in [7, 11) is 0. The first-order valence-electron chi connectivity index (χ1n) is 4.91. The van der Waals surface area contributed by atoms with Crippen LogP contribution < -0.4 is 11.1 Å². The minimum absolute atomic E-state index is 0.0515. The largest absolute Gasteiger partial charge is 0.368 e. The highest BCUT2D eigenvalue weighted by atomic mass is 16.2. The van der Waals surface area contributed by atoms with Gasteiger partial charge < -0.3 is 10.6 Å². The van der Waals surface area contributed by atoms with Crippen molar-refractivity contribution in [3.8, 4) is 0 Å². The second kappa shape index (κ2) is 4.95. The Kier molecular flexibility index (Phi) is 3.88. The van der Waals surface area contributed by atoms with E-state index in [1.165, 1.54) is 0 Å². The molecule has 1 aliphatic heterocycles. The summed E-state index contributed by atoms with van der Waals surface area (Å²) in [5.74, 6) is -0.380. The number of nitrogens with two attached hydrogens (primary N) is 1. The Hall–Kier alpha value is -1.10. The number of nitrogens with zero attached hydrogens (tertiary/aromatic N) is 1. The molecule has 0 saturated carbocycles. The third-order valence-corrected chi connectivity index (χ3v) is 2.45. The molecule has 0 aromatic rings. The monoisotopic (exact) mass is 199 g/mol. The molecule has 80 valence electrons. The predicted octanol–water partition coefficient (Wildman–Crippen LogP) is -0.928. The summed E-state index contributed by atoms with van der Waals surface area (Å²) >= 11 is 0. The zero-order valence-electron chi connectivity index (χ0n) is 8.45. The summed E-state index contributed by atoms with van der Waals surface area (Å²) in [5, 5.41) is 2.79. The van der Waals surface area contributed by atoms with E-state index in [-0.39, 0.29) is 12.5 Å². The van der Waals surface area contributed by atoms with E-state index in [4.69, 9.17) is 5.73 Å². The summed E-state index contributed by atoms with van der Waals surface area (Å²) in [4.78, 5) is 24.0. The van der Waals surface area contributed by atoms with E-state index in [0.29, 0.717) is 0 Å². The van der Waals surface area contributed by atoms with Gasteiger partial charge in [0, 0.05) is 13.1 Å². The minimum atomic E-state index is -0.443. The molecule has 1 saturated heterocycles. The number of carbonyl (C=O) groups excluding carboxylic acids is 2. The van der Waals surface area contributed by atoms with Crippen molar-refractivity contribution in [2.75, 3.05) is 19.6 Å². The van der Waals surface area contributed by atoms with Crippen molar-refractivity contribution in [3.63, 3.8) is 0 Å². The van der Waals surface area contributed by atoms with Crippen molar-refractivity contribution < 1.29 is 9.59 Å². The number of rotatable bonds is 4. The molecule has 1 heterocycles. The molecule has 0 aromatic carbocycles. The van der Waals surface area contributed by atoms with Gasteiger partial charge in [-0.05, 0) is 19.8 Å². The van der Waals surface area contributed by atoms with Gasteiger partial charge in [0.2, 0.25) is 11.8 Å². The average molecular weight is 199 g/mol. The molecule has 2 amide bonds. The van der Waals surface area contributed by atoms with Gasteiger partial charge in [-0.15, -0.1) is 0 Å². The molecule has 14 heavy (non-hydrogen) atoms. The number of nitrogens with one attached hydrogen (secondary N) is 1. The van der Waals surface area contributed by atoms with Crippen molar-refractivity contribution in [2.24, 2.45) is 5.73 Å². The molecular formula is C9H17N3O2. The number of hydrogen-bond acceptors (Lipinski definition) is 3. The lowest BCUT2D eigenvalue weighted by Crippen LogP contribution is -2.44. The minimum Gasteiger partial charge on any atom is -0.368 e. The molecule has 1 rings (SSSR count). The van der Waals surface area contributed by atoms with Crippen LogP contribution in [0.5, 0.6) is 0 Å². The number of hydrogen-bond donors (Lipinski definition) is 2. The molecule has 5 nitrogen and oxygen atoms in total. The van der Waals surface area contributed by atoms with Gasteiger partial charge >= 0.3 is 0 Å². The van der Waals surface area contributed by atoms with Gasteiger partial charge in [-0.2, -0.15) is 0 Å². The fraction of sp³-hybridized carbons (Fsp3) is 0.778. The van der Waals surface area contributed by atoms with Crippen LogP contribution in [-0.2, 0) is 9.59 Å². The van der Waals surface area contributed by atoms with E-state index in [2.05, 4.69) is 5.32 Å². The lowest BCUT2D eigenvalue weighted by Gasteiger charge is -2.16. The second-order valence-electron chi connectivity index (χ2n) is 3.59. The molecule has 1 fully saturated rings. The van der Waals surface area contributed by atoms with Crippen LogP contribution in [0.4, 0.5) is 0 Å². The predicted molar refractivity (Wildman–Crippen MR) is 52.5 cm³/mol. The summed E-state index contributed by atoms with van der Waals surface area (Å²) < 4.78 is 0. The van der Waals surface area contributed by atoms with Crippen LogP contribution in [0.3, 0.4) is 0 Å². The first kappa shape index (κ1) is 11.0. The lowest BCUT2D eigenvalue weighted by atomic mass is 10.3. The Morgan fingerprint density at radius 3 is 2.50 bits per heavy atom. The van der Waals surface area contributed by atoms with Crippen LogP contribution in [0, 0.1) is 0 Å². The van der Waals surface area contributed by atoms with Crippen molar-refractivity contribution in [3.05, 3.63) is 0 Å². The zero-order chi connectivity index (χ0) is 10.6. The van der Waals surface area contributed by atoms with Crippen LogP contribution in [0.1, 0.15) is 19.8 Å². The SMILES string of the molecule is CC(NCC(=O)N1CCCC1)C(N)=O. The Morgan fingerprint density at radius 2 is 2.00 bits per heavy atom. The van der Waals surface area contributed by atoms with E-state index in [0.717, 1.165) is 25.9 Å². The summed E-state index contributed by atoms with van der Waals surface area (Å²) in [6.45, 7) is 3.53. The first-order valence-corrected chi connectivity index (χ1v) is 4.91. The van der Waals surface area contributed by atoms with Crippen molar-refractivity contribution in [2.45, 2.75) is 25.8 Å². The number of primary amides is 1. The standard InChI is InChI=1S/C9H17N3O2/c1-7(9(10)14)11-6-8(13)12-4-2-3-5-12/h7,11H,2-6H2,1H3,(H2,10,14). The van der Waals surface area contributed by atoms with Crippen LogP contribution >= 0.6 is 0 Å². The molecule has 0 radical (unpaired) electrons. The third kappa shape index (κ3) is 2.99. The van der Waals surface area contributed by atoms with Gasteiger partial charge in [-0.25, -0.2) is 0 Å². The molecular weight excluding hydrogens is 182 g/mol. The van der Waals surface area contributed by atoms with Gasteiger partial charge in [0.25, 0.3) is 0 Å². The molecule has 0 spiro atoms. The topological polar surface area (TPSA) is 75.4 Å². The van der Waals surface area contributed by atoms with Gasteiger partial charge in [0.05, 0.1) is 12.6 Å². The third-order valence-electron chi connectivity index (χ3n) is 2.45. The maximum Gasteiger partial charge on any atom is 0.236 e. The number of amides is 2. The lowest BCUT2D eigenvalue weighted by molar-refractivity contribution is -0.129. The Bertz CT molecular complexity index is 224. The van der Waals surface area contributed by atoms with E-state index in [1.807, 2.05) is 0 Å². The molecule has 0 aliphatic carbocycles. The normalized spacial score (nSPS) is 18.2. The van der Waals surface area contributed by atoms with Gasteiger partial charge in [0.15, 0.2) is 0 Å². The fourth-order valence-electron chi connectivity index (χ4n) is 1.42. The number of likely N-dealkylation sites (tertiary alicyclic amines) is 1. The molecule has 0 bridgehead atoms. The maximum absolute atomic E-state index is 11.5. The van der Waals surface area contributed by atoms with Crippen LogP contribution in [0.2, 0.25) is 0 Å². The number of carbonyl (C=O) groups is 2. The fourth-order valence-corrected chi connectivity index (χ4v) is 1.42. The molecule has 1 aliphatic rings. The first-order chi connectivity index (χ1) is 6.61. The molecule has 0 aromatic heterocycles. The van der Waals surface area contributed by atoms with Crippen molar-refractivity contribution in [1.82, 2.24) is 10.2 Å². The van der Waals surface area contributed by atoms with Gasteiger partial charge in [-0.3, -0.25) is 14.9 Å². The Balaban J connectivity index is 2.23. The Labute approximate surface area is 83.6 Å². The highest BCUT2D eigenvalue weighted by molar-refractivity contribution is 5.82. The molecule has 3 N–H and O–H groups in total. The quantitative estimate of drug-likeness (QED) is 0.614. The van der Waals surface area contributed by atoms with E-state index >= 15 is 0 Å². The maximum atomic E-state index is 11.5. The molecule has 1 atom stereocenters. The second-order valence-corrected chi connectivity index (χ2v) is 3.59. The average Bonchev–Trinajstić information content (AvgIpc) is 2.66. The van der Waals surface area contributed by atoms with E-state index < -0.39 is 11.9 Å². The van der Waals surface area contributed by atoms with Crippen LogP contribution in [-0.4, -0.2) is 42.4 Å². The highest BCUT2D eigenvalue weighted by Gasteiger charge is 2.18. The van der Waals surface area contributed by atoms with Gasteiger partial charge in [0.1, 0.15) is 0 Å². The Morgan fingerprint density at radius 1 is 1.43 bits per heavy atom. The van der Waals surface area contributed by atoms with Crippen molar-refractivity contribution in [1.29, 1.82) is 0 Å². The van der Waals surface area contributed by atoms with E-state index in [9.17, 15) is 9.59 Å². The molecule has 1 unspecified atom stereocenters. The van der Waals surface area contributed by atoms with Crippen molar-refractivity contribution >= 4 is 11.8 Å². The van der Waals surface area contributed by atoms with Crippen LogP contribution in [0.25, 0.3) is 0 Å². The summed E-state index contributed by atoms with van der Waals surface area (Å²) in [5.41, 5.74) is 5.05. The van der Waals surface area contributed by atoms with Gasteiger partial charge in [-0.1, -0.05) is 0 Å². The summed E-state index contributed by atoms with van der Waals surface area (Å²) in [6.07, 6.45) is 2.16. The zero-order valence-corrected chi connectivity index (χ0v) is 8.45. The highest BCUT2D eigenvalue weighted by Crippen LogP contribution is 2.06.